The van der Waals surface area contributed by atoms with E-state index >= 15 is 0 Å². The summed E-state index contributed by atoms with van der Waals surface area (Å²) in [6, 6.07) is 49.4. The summed E-state index contributed by atoms with van der Waals surface area (Å²) in [6.07, 6.45) is 17.4. The minimum Gasteiger partial charge on any atom is -0.0625 e. The summed E-state index contributed by atoms with van der Waals surface area (Å²) >= 11 is 0. The zero-order valence-electron chi connectivity index (χ0n) is 39.7. The average molecular weight is 821 g/mol. The molecule has 324 valence electrons. The van der Waals surface area contributed by atoms with Gasteiger partial charge in [0.05, 0.1) is 0 Å². The maximum atomic E-state index is 2.44. The van der Waals surface area contributed by atoms with Gasteiger partial charge >= 0.3 is 0 Å². The monoisotopic (exact) mass is 821 g/mol. The highest BCUT2D eigenvalue weighted by molar-refractivity contribution is 5.77. The van der Waals surface area contributed by atoms with Crippen LogP contribution < -0.4 is 0 Å². The first-order valence-corrected chi connectivity index (χ1v) is 24.5. The molecular formula is C62H76. The van der Waals surface area contributed by atoms with Gasteiger partial charge in [-0.2, -0.15) is 0 Å². The normalized spacial score (nSPS) is 22.4. The van der Waals surface area contributed by atoms with Gasteiger partial charge in [-0.05, 0) is 184 Å². The van der Waals surface area contributed by atoms with Gasteiger partial charge < -0.3 is 0 Å². The molecule has 0 radical (unpaired) electrons. The highest BCUT2D eigenvalue weighted by atomic mass is 14.4. The second kappa shape index (κ2) is 21.6. The van der Waals surface area contributed by atoms with Crippen molar-refractivity contribution >= 4 is 0 Å². The van der Waals surface area contributed by atoms with Crippen molar-refractivity contribution in [3.05, 3.63) is 178 Å². The summed E-state index contributed by atoms with van der Waals surface area (Å²) in [5.74, 6) is 5.66. The fourth-order valence-electron chi connectivity index (χ4n) is 10.7. The van der Waals surface area contributed by atoms with Crippen LogP contribution in [0.5, 0.6) is 0 Å². The lowest BCUT2D eigenvalue weighted by Crippen LogP contribution is -2.24. The van der Waals surface area contributed by atoms with E-state index in [1.165, 1.54) is 149 Å². The van der Waals surface area contributed by atoms with Crippen LogP contribution >= 0.6 is 0 Å². The predicted octanol–water partition coefficient (Wildman–Crippen LogP) is 18.3. The first-order valence-electron chi connectivity index (χ1n) is 24.5. The van der Waals surface area contributed by atoms with Crippen LogP contribution in [0.15, 0.2) is 133 Å². The maximum Gasteiger partial charge on any atom is -0.0152 e. The van der Waals surface area contributed by atoms with Crippen LogP contribution in [-0.2, 0) is 0 Å². The lowest BCUT2D eigenvalue weighted by Gasteiger charge is -2.37. The molecule has 3 saturated carbocycles. The van der Waals surface area contributed by atoms with Gasteiger partial charge in [0.1, 0.15) is 0 Å². The van der Waals surface area contributed by atoms with Crippen molar-refractivity contribution in [2.24, 2.45) is 23.7 Å². The Balaban J connectivity index is 0.000000140. The van der Waals surface area contributed by atoms with E-state index < -0.39 is 0 Å². The van der Waals surface area contributed by atoms with Crippen LogP contribution in [0, 0.1) is 65.2 Å². The van der Waals surface area contributed by atoms with Crippen LogP contribution in [0.4, 0.5) is 0 Å². The lowest BCUT2D eigenvalue weighted by atomic mass is 9.68. The van der Waals surface area contributed by atoms with E-state index in [1.807, 2.05) is 0 Å². The number of benzene rings is 6. The topological polar surface area (TPSA) is 0 Å². The van der Waals surface area contributed by atoms with Gasteiger partial charge in [0.2, 0.25) is 0 Å². The Morgan fingerprint density at radius 3 is 0.903 bits per heavy atom. The fraction of sp³-hybridized carbons (Fsp3) is 0.419. The Hall–Kier alpha value is -4.68. The van der Waals surface area contributed by atoms with E-state index in [0.29, 0.717) is 0 Å². The molecule has 0 atom stereocenters. The molecule has 0 aromatic heterocycles. The molecule has 6 aromatic carbocycles. The smallest absolute Gasteiger partial charge is 0.0152 e. The molecule has 0 nitrogen and oxygen atoms in total. The van der Waals surface area contributed by atoms with E-state index in [-0.39, 0.29) is 0 Å². The van der Waals surface area contributed by atoms with Gasteiger partial charge in [-0.15, -0.1) is 0 Å². The van der Waals surface area contributed by atoms with E-state index in [9.17, 15) is 0 Å². The van der Waals surface area contributed by atoms with E-state index in [1.54, 1.807) is 5.56 Å². The minimum atomic E-state index is 0.790. The van der Waals surface area contributed by atoms with Crippen molar-refractivity contribution in [1.82, 2.24) is 0 Å². The standard InChI is InChI=1S/C22H22.C20H30.C20H24/c1-15-5-9-19(10-6-15)21-13-14-22(18(4)17(21)3)20-11-7-16(2)8-12-20;2*1-15-3-7-17(8-4-15)19-11-13-20(14-12-19)18-9-5-16(2)6-10-18/h5-14H,1-4H3;3-4,7-8,16,18-20H,5-6,9-14H2,1-2H3;3-4,7-8,11-14,16,18H,5-6,9-10H2,1-2H3. The molecule has 0 spiro atoms. The van der Waals surface area contributed by atoms with Crippen molar-refractivity contribution in [3.63, 3.8) is 0 Å². The quantitative estimate of drug-likeness (QED) is 0.157. The van der Waals surface area contributed by atoms with Gasteiger partial charge in [-0.25, -0.2) is 0 Å². The van der Waals surface area contributed by atoms with E-state index in [2.05, 4.69) is 189 Å². The average Bonchev–Trinajstić information content (AvgIpc) is 3.30. The highest BCUT2D eigenvalue weighted by Crippen LogP contribution is 2.44. The summed E-state index contributed by atoms with van der Waals surface area (Å²) in [5, 5.41) is 0. The molecule has 0 aliphatic heterocycles. The van der Waals surface area contributed by atoms with Crippen LogP contribution in [0.25, 0.3) is 33.4 Å². The second-order valence-corrected chi connectivity index (χ2v) is 20.1. The van der Waals surface area contributed by atoms with Crippen LogP contribution in [-0.4, -0.2) is 0 Å². The third kappa shape index (κ3) is 12.1. The molecule has 0 bridgehead atoms. The number of rotatable bonds is 6. The Labute approximate surface area is 377 Å². The minimum absolute atomic E-state index is 0.790. The van der Waals surface area contributed by atoms with Crippen molar-refractivity contribution in [2.75, 3.05) is 0 Å². The van der Waals surface area contributed by atoms with E-state index in [0.717, 1.165) is 35.5 Å². The Kier molecular flexibility index (Phi) is 15.8. The first kappa shape index (κ1) is 45.3. The maximum absolute atomic E-state index is 2.44. The Bertz CT molecular complexity index is 2180. The van der Waals surface area contributed by atoms with Crippen molar-refractivity contribution in [1.29, 1.82) is 0 Å². The summed E-state index contributed by atoms with van der Waals surface area (Å²) in [7, 11) is 0. The third-order valence-corrected chi connectivity index (χ3v) is 15.3. The molecular weight excluding hydrogens is 745 g/mol. The second-order valence-electron chi connectivity index (χ2n) is 20.1. The first-order chi connectivity index (χ1) is 30.0. The largest absolute Gasteiger partial charge is 0.0625 e. The molecule has 3 fully saturated rings. The Morgan fingerprint density at radius 1 is 0.274 bits per heavy atom. The van der Waals surface area contributed by atoms with Crippen LogP contribution in [0.1, 0.15) is 147 Å². The van der Waals surface area contributed by atoms with E-state index in [4.69, 9.17) is 0 Å². The molecule has 62 heavy (non-hydrogen) atoms. The summed E-state index contributed by atoms with van der Waals surface area (Å²) in [6.45, 7) is 17.8. The molecule has 6 aromatic rings. The van der Waals surface area contributed by atoms with Crippen molar-refractivity contribution in [3.8, 4) is 33.4 Å². The summed E-state index contributed by atoms with van der Waals surface area (Å²) in [5.41, 5.74) is 19.1. The van der Waals surface area contributed by atoms with Crippen LogP contribution in [0.3, 0.4) is 0 Å². The predicted molar refractivity (Wildman–Crippen MR) is 270 cm³/mol. The van der Waals surface area contributed by atoms with Crippen LogP contribution in [0.2, 0.25) is 0 Å². The molecule has 0 N–H and O–H groups in total. The van der Waals surface area contributed by atoms with Crippen molar-refractivity contribution < 1.29 is 0 Å². The summed E-state index contributed by atoms with van der Waals surface area (Å²) < 4.78 is 0. The van der Waals surface area contributed by atoms with Gasteiger partial charge in [0, 0.05) is 0 Å². The SMILES string of the molecule is Cc1ccc(-c2ccc(-c3ccc(C)cc3)c(C)c2C)cc1.Cc1ccc(-c2ccc(C3CCC(C)CC3)cc2)cc1.Cc1ccc(C2CCC(C3CCC(C)CC3)CC2)cc1. The zero-order valence-corrected chi connectivity index (χ0v) is 39.7. The molecule has 0 unspecified atom stereocenters. The summed E-state index contributed by atoms with van der Waals surface area (Å²) in [4.78, 5) is 0. The number of aryl methyl sites for hydroxylation is 4. The molecule has 3 aliphatic rings. The molecule has 0 amide bonds. The van der Waals surface area contributed by atoms with Gasteiger partial charge in [-0.1, -0.05) is 195 Å². The number of hydrogen-bond donors (Lipinski definition) is 0. The van der Waals surface area contributed by atoms with Gasteiger partial charge in [-0.3, -0.25) is 0 Å². The molecule has 0 saturated heterocycles. The Morgan fingerprint density at radius 2 is 0.532 bits per heavy atom. The van der Waals surface area contributed by atoms with Gasteiger partial charge in [0.15, 0.2) is 0 Å². The lowest BCUT2D eigenvalue weighted by molar-refractivity contribution is 0.165. The van der Waals surface area contributed by atoms with Crippen molar-refractivity contribution in [2.45, 2.75) is 144 Å². The highest BCUT2D eigenvalue weighted by Gasteiger charge is 2.30. The zero-order chi connectivity index (χ0) is 43.6. The molecule has 0 heteroatoms. The fourth-order valence-corrected chi connectivity index (χ4v) is 10.7. The van der Waals surface area contributed by atoms with Gasteiger partial charge in [0.25, 0.3) is 0 Å². The molecule has 3 aliphatic carbocycles. The molecule has 9 rings (SSSR count). The number of hydrogen-bond acceptors (Lipinski definition) is 0. The molecule has 0 heterocycles. The third-order valence-electron chi connectivity index (χ3n) is 15.3.